The number of halogens is 1. The third-order valence-corrected chi connectivity index (χ3v) is 2.65. The summed E-state index contributed by atoms with van der Waals surface area (Å²) < 4.78 is 13.4. The van der Waals surface area contributed by atoms with Crippen LogP contribution in [0, 0.1) is 15.9 Å². The quantitative estimate of drug-likeness (QED) is 0.610. The molecule has 0 aromatic heterocycles. The van der Waals surface area contributed by atoms with Crippen LogP contribution in [0.5, 0.6) is 0 Å². The molecule has 1 aromatic rings. The molecule has 0 atom stereocenters. The molecule has 1 rings (SSSR count). The third-order valence-electron chi connectivity index (χ3n) is 2.65. The molecule has 1 N–H and O–H groups in total. The molecule has 20 heavy (non-hydrogen) atoms. The topological polar surface area (TPSA) is 75.5 Å². The summed E-state index contributed by atoms with van der Waals surface area (Å²) in [5.74, 6) is -0.965. The largest absolute Gasteiger partial charge is 0.355 e. The van der Waals surface area contributed by atoms with Gasteiger partial charge in [-0.2, -0.15) is 4.39 Å². The summed E-state index contributed by atoms with van der Waals surface area (Å²) in [6, 6.07) is 3.75. The fourth-order valence-electron chi connectivity index (χ4n) is 1.73. The zero-order chi connectivity index (χ0) is 15.1. The van der Waals surface area contributed by atoms with Gasteiger partial charge in [-0.1, -0.05) is 13.0 Å². The molecule has 0 aliphatic rings. The monoisotopic (exact) mass is 283 g/mol. The van der Waals surface area contributed by atoms with Crippen molar-refractivity contribution in [3.05, 3.63) is 39.7 Å². The van der Waals surface area contributed by atoms with E-state index in [2.05, 4.69) is 5.32 Å². The maximum absolute atomic E-state index is 13.4. The molecular formula is C13H18FN3O3. The number of rotatable bonds is 7. The Morgan fingerprint density at radius 2 is 2.20 bits per heavy atom. The van der Waals surface area contributed by atoms with Gasteiger partial charge >= 0.3 is 5.69 Å². The number of likely N-dealkylation sites (N-methyl/N-ethyl adjacent to an activating group) is 1. The number of carbonyl (C=O) groups is 1. The Balaban J connectivity index is 2.58. The summed E-state index contributed by atoms with van der Waals surface area (Å²) in [5.41, 5.74) is 0.0379. The maximum Gasteiger partial charge on any atom is 0.304 e. The van der Waals surface area contributed by atoms with Gasteiger partial charge in [0, 0.05) is 19.2 Å². The van der Waals surface area contributed by atoms with Gasteiger partial charge in [-0.25, -0.2) is 0 Å². The van der Waals surface area contributed by atoms with Crippen molar-refractivity contribution in [2.45, 2.75) is 19.9 Å². The molecule has 6 nitrogen and oxygen atoms in total. The highest BCUT2D eigenvalue weighted by Gasteiger charge is 2.14. The fourth-order valence-corrected chi connectivity index (χ4v) is 1.73. The van der Waals surface area contributed by atoms with E-state index in [9.17, 15) is 19.3 Å². The second-order valence-corrected chi connectivity index (χ2v) is 4.57. The van der Waals surface area contributed by atoms with Crippen LogP contribution in [0.4, 0.5) is 10.1 Å². The summed E-state index contributed by atoms with van der Waals surface area (Å²) >= 11 is 0. The number of amides is 1. The van der Waals surface area contributed by atoms with Crippen LogP contribution >= 0.6 is 0 Å². The Hall–Kier alpha value is -2.02. The summed E-state index contributed by atoms with van der Waals surface area (Å²) in [5, 5.41) is 13.2. The van der Waals surface area contributed by atoms with E-state index < -0.39 is 16.4 Å². The van der Waals surface area contributed by atoms with Gasteiger partial charge in [0.1, 0.15) is 0 Å². The molecule has 0 saturated heterocycles. The molecule has 110 valence electrons. The van der Waals surface area contributed by atoms with Crippen LogP contribution in [-0.2, 0) is 11.3 Å². The van der Waals surface area contributed by atoms with Crippen LogP contribution in [0.2, 0.25) is 0 Å². The Kier molecular flexibility index (Phi) is 6.05. The normalized spacial score (nSPS) is 10.6. The first-order valence-electron chi connectivity index (χ1n) is 6.32. The smallest absolute Gasteiger partial charge is 0.304 e. The highest BCUT2D eigenvalue weighted by molar-refractivity contribution is 5.77. The van der Waals surface area contributed by atoms with Gasteiger partial charge in [-0.3, -0.25) is 19.8 Å². The van der Waals surface area contributed by atoms with Gasteiger partial charge in [0.05, 0.1) is 11.5 Å². The number of hydrogen-bond donors (Lipinski definition) is 1. The molecule has 0 fully saturated rings. The second-order valence-electron chi connectivity index (χ2n) is 4.57. The van der Waals surface area contributed by atoms with E-state index >= 15 is 0 Å². The molecule has 0 saturated carbocycles. The predicted molar refractivity (Wildman–Crippen MR) is 72.7 cm³/mol. The van der Waals surface area contributed by atoms with Crippen molar-refractivity contribution in [1.82, 2.24) is 10.2 Å². The average Bonchev–Trinajstić information content (AvgIpc) is 2.35. The molecule has 0 bridgehead atoms. The summed E-state index contributed by atoms with van der Waals surface area (Å²) in [4.78, 5) is 23.0. The van der Waals surface area contributed by atoms with Crippen LogP contribution in [0.1, 0.15) is 18.9 Å². The molecule has 0 spiro atoms. The minimum Gasteiger partial charge on any atom is -0.355 e. The zero-order valence-corrected chi connectivity index (χ0v) is 11.6. The number of nitrogens with one attached hydrogen (secondary N) is 1. The fraction of sp³-hybridized carbons (Fsp3) is 0.462. The van der Waals surface area contributed by atoms with E-state index in [0.29, 0.717) is 18.7 Å². The van der Waals surface area contributed by atoms with E-state index in [1.807, 2.05) is 6.92 Å². The lowest BCUT2D eigenvalue weighted by molar-refractivity contribution is -0.387. The summed E-state index contributed by atoms with van der Waals surface area (Å²) in [7, 11) is 1.73. The van der Waals surface area contributed by atoms with Gasteiger partial charge in [-0.05, 0) is 25.1 Å². The molecular weight excluding hydrogens is 265 g/mol. The van der Waals surface area contributed by atoms with Crippen molar-refractivity contribution in [2.75, 3.05) is 20.1 Å². The van der Waals surface area contributed by atoms with E-state index in [1.54, 1.807) is 11.9 Å². The molecule has 7 heteroatoms. The van der Waals surface area contributed by atoms with Gasteiger partial charge in [0.2, 0.25) is 11.7 Å². The Labute approximate surface area is 116 Å². The lowest BCUT2D eigenvalue weighted by atomic mass is 10.2. The van der Waals surface area contributed by atoms with E-state index in [1.165, 1.54) is 6.07 Å². The number of nitrogens with zero attached hydrogens (tertiary/aromatic N) is 2. The molecule has 0 aliphatic carbocycles. The van der Waals surface area contributed by atoms with Crippen LogP contribution in [0.3, 0.4) is 0 Å². The van der Waals surface area contributed by atoms with Gasteiger partial charge in [0.25, 0.3) is 0 Å². The standard InChI is InChI=1S/C13H18FN3O3/c1-3-6-15-13(18)9-16(2)8-10-4-5-12(17(19)20)11(14)7-10/h4-5,7H,3,6,8-9H2,1-2H3,(H,15,18). The SMILES string of the molecule is CCCNC(=O)CN(C)Cc1ccc([N+](=O)[O-])c(F)c1. The predicted octanol–water partition coefficient (Wildman–Crippen LogP) is 1.69. The Morgan fingerprint density at radius 1 is 1.50 bits per heavy atom. The number of nitro groups is 1. The van der Waals surface area contributed by atoms with E-state index in [4.69, 9.17) is 0 Å². The number of hydrogen-bond acceptors (Lipinski definition) is 4. The highest BCUT2D eigenvalue weighted by Crippen LogP contribution is 2.18. The molecule has 1 aromatic carbocycles. The molecule has 1 amide bonds. The van der Waals surface area contributed by atoms with E-state index in [0.717, 1.165) is 18.6 Å². The maximum atomic E-state index is 13.4. The van der Waals surface area contributed by atoms with Crippen LogP contribution in [-0.4, -0.2) is 35.9 Å². The van der Waals surface area contributed by atoms with Crippen LogP contribution < -0.4 is 5.32 Å². The highest BCUT2D eigenvalue weighted by atomic mass is 19.1. The molecule has 0 aliphatic heterocycles. The van der Waals surface area contributed by atoms with Gasteiger partial charge < -0.3 is 5.32 Å². The first-order valence-corrected chi connectivity index (χ1v) is 6.32. The number of carbonyl (C=O) groups excluding carboxylic acids is 1. The zero-order valence-electron chi connectivity index (χ0n) is 11.6. The summed E-state index contributed by atoms with van der Waals surface area (Å²) in [6.07, 6.45) is 0.864. The van der Waals surface area contributed by atoms with Gasteiger partial charge in [0.15, 0.2) is 0 Å². The van der Waals surface area contributed by atoms with Crippen molar-refractivity contribution in [3.63, 3.8) is 0 Å². The van der Waals surface area contributed by atoms with Crippen molar-refractivity contribution in [1.29, 1.82) is 0 Å². The van der Waals surface area contributed by atoms with Crippen molar-refractivity contribution in [2.24, 2.45) is 0 Å². The van der Waals surface area contributed by atoms with Crippen molar-refractivity contribution in [3.8, 4) is 0 Å². The van der Waals surface area contributed by atoms with Gasteiger partial charge in [-0.15, -0.1) is 0 Å². The average molecular weight is 283 g/mol. The minimum atomic E-state index is -0.865. The lowest BCUT2D eigenvalue weighted by Gasteiger charge is -2.16. The first-order chi connectivity index (χ1) is 9.43. The third kappa shape index (κ3) is 4.93. The second kappa shape index (κ2) is 7.54. The summed E-state index contributed by atoms with van der Waals surface area (Å²) in [6.45, 7) is 3.12. The molecule has 0 unspecified atom stereocenters. The van der Waals surface area contributed by atoms with Crippen LogP contribution in [0.15, 0.2) is 18.2 Å². The number of nitro benzene ring substituents is 1. The van der Waals surface area contributed by atoms with Crippen molar-refractivity contribution < 1.29 is 14.1 Å². The Morgan fingerprint density at radius 3 is 2.75 bits per heavy atom. The number of benzene rings is 1. The molecule has 0 heterocycles. The minimum absolute atomic E-state index is 0.100. The lowest BCUT2D eigenvalue weighted by Crippen LogP contribution is -2.35. The molecule has 0 radical (unpaired) electrons. The van der Waals surface area contributed by atoms with E-state index in [-0.39, 0.29) is 12.5 Å². The first kappa shape index (κ1) is 16.0. The van der Waals surface area contributed by atoms with Crippen molar-refractivity contribution >= 4 is 11.6 Å². The van der Waals surface area contributed by atoms with Crippen LogP contribution in [0.25, 0.3) is 0 Å². The Bertz CT molecular complexity index is 494.